The Morgan fingerprint density at radius 2 is 2.17 bits per heavy atom. The average Bonchev–Trinajstić information content (AvgIpc) is 2.84. The van der Waals surface area contributed by atoms with Crippen LogP contribution in [-0.2, 0) is 13.1 Å². The van der Waals surface area contributed by atoms with Gasteiger partial charge in [-0.25, -0.2) is 0 Å². The van der Waals surface area contributed by atoms with E-state index in [0.29, 0.717) is 0 Å². The average molecular weight is 262 g/mol. The Morgan fingerprint density at radius 1 is 1.28 bits per heavy atom. The van der Waals surface area contributed by atoms with Gasteiger partial charge in [-0.05, 0) is 42.7 Å². The summed E-state index contributed by atoms with van der Waals surface area (Å²) in [6, 6.07) is 7.13. The van der Waals surface area contributed by atoms with E-state index in [4.69, 9.17) is 5.73 Å². The fourth-order valence-electron chi connectivity index (χ4n) is 3.40. The summed E-state index contributed by atoms with van der Waals surface area (Å²) in [6.45, 7) is 2.17. The molecule has 0 saturated heterocycles. The molecule has 0 spiro atoms. The molecular weight excluding hydrogens is 240 g/mol. The van der Waals surface area contributed by atoms with Crippen molar-refractivity contribution in [3.8, 4) is 0 Å². The number of thioether (sulfide) groups is 1. The van der Waals surface area contributed by atoms with Crippen molar-refractivity contribution in [2.24, 2.45) is 0 Å². The van der Waals surface area contributed by atoms with E-state index in [0.717, 1.165) is 30.1 Å². The second-order valence-corrected chi connectivity index (χ2v) is 6.71. The summed E-state index contributed by atoms with van der Waals surface area (Å²) < 4.78 is 0. The van der Waals surface area contributed by atoms with Crippen LogP contribution in [0.1, 0.15) is 36.8 Å². The molecule has 2 N–H and O–H groups in total. The first-order valence-electron chi connectivity index (χ1n) is 6.91. The summed E-state index contributed by atoms with van der Waals surface area (Å²) in [6.07, 6.45) is 7.77. The summed E-state index contributed by atoms with van der Waals surface area (Å²) in [5.41, 5.74) is 9.89. The zero-order valence-electron chi connectivity index (χ0n) is 11.1. The van der Waals surface area contributed by atoms with Gasteiger partial charge in [0.25, 0.3) is 0 Å². The van der Waals surface area contributed by atoms with Crippen LogP contribution in [-0.4, -0.2) is 22.4 Å². The van der Waals surface area contributed by atoms with Crippen molar-refractivity contribution in [1.29, 1.82) is 0 Å². The number of benzene rings is 1. The SMILES string of the molecule is CSC1CCCC(N2Cc3cccc(N)c3C2)C1. The van der Waals surface area contributed by atoms with E-state index in [2.05, 4.69) is 23.3 Å². The fourth-order valence-corrected chi connectivity index (χ4v) is 4.21. The highest BCUT2D eigenvalue weighted by Crippen LogP contribution is 2.35. The summed E-state index contributed by atoms with van der Waals surface area (Å²) in [5.74, 6) is 0. The lowest BCUT2D eigenvalue weighted by atomic mass is 9.94. The molecule has 1 aromatic rings. The third-order valence-corrected chi connectivity index (χ3v) is 5.59. The molecule has 0 aromatic heterocycles. The van der Waals surface area contributed by atoms with Crippen molar-refractivity contribution < 1.29 is 0 Å². The number of nitrogens with zero attached hydrogens (tertiary/aromatic N) is 1. The molecule has 2 unspecified atom stereocenters. The molecule has 98 valence electrons. The minimum absolute atomic E-state index is 0.767. The summed E-state index contributed by atoms with van der Waals surface area (Å²) in [4.78, 5) is 2.64. The molecule has 0 bridgehead atoms. The van der Waals surface area contributed by atoms with Crippen LogP contribution in [0.15, 0.2) is 18.2 Å². The molecule has 1 aliphatic heterocycles. The molecule has 2 aliphatic rings. The van der Waals surface area contributed by atoms with Gasteiger partial charge in [-0.3, -0.25) is 4.90 Å². The van der Waals surface area contributed by atoms with Crippen LogP contribution in [0.4, 0.5) is 5.69 Å². The zero-order chi connectivity index (χ0) is 12.5. The topological polar surface area (TPSA) is 29.3 Å². The van der Waals surface area contributed by atoms with Gasteiger partial charge in [0.05, 0.1) is 0 Å². The maximum atomic E-state index is 6.09. The van der Waals surface area contributed by atoms with Gasteiger partial charge in [0.1, 0.15) is 0 Å². The highest BCUT2D eigenvalue weighted by molar-refractivity contribution is 7.99. The Kier molecular flexibility index (Phi) is 3.53. The Hall–Kier alpha value is -0.670. The van der Waals surface area contributed by atoms with Gasteiger partial charge >= 0.3 is 0 Å². The molecule has 0 radical (unpaired) electrons. The number of nitrogen functional groups attached to an aromatic ring is 1. The van der Waals surface area contributed by atoms with E-state index in [9.17, 15) is 0 Å². The van der Waals surface area contributed by atoms with Gasteiger partial charge < -0.3 is 5.73 Å². The molecule has 2 atom stereocenters. The molecule has 3 heteroatoms. The molecule has 18 heavy (non-hydrogen) atoms. The highest BCUT2D eigenvalue weighted by Gasteiger charge is 2.30. The van der Waals surface area contributed by atoms with Crippen molar-refractivity contribution in [2.75, 3.05) is 12.0 Å². The molecular formula is C15H22N2S. The van der Waals surface area contributed by atoms with E-state index < -0.39 is 0 Å². The highest BCUT2D eigenvalue weighted by atomic mass is 32.2. The Labute approximate surface area is 114 Å². The quantitative estimate of drug-likeness (QED) is 0.830. The van der Waals surface area contributed by atoms with Crippen molar-refractivity contribution in [3.63, 3.8) is 0 Å². The zero-order valence-corrected chi connectivity index (χ0v) is 11.9. The van der Waals surface area contributed by atoms with Crippen LogP contribution in [0.3, 0.4) is 0 Å². The van der Waals surface area contributed by atoms with Crippen LogP contribution in [0, 0.1) is 0 Å². The molecule has 0 amide bonds. The Morgan fingerprint density at radius 3 is 2.94 bits per heavy atom. The molecule has 1 saturated carbocycles. The Bertz CT molecular complexity index is 433. The molecule has 1 heterocycles. The number of hydrogen-bond donors (Lipinski definition) is 1. The van der Waals surface area contributed by atoms with E-state index in [-0.39, 0.29) is 0 Å². The monoisotopic (exact) mass is 262 g/mol. The summed E-state index contributed by atoms with van der Waals surface area (Å²) in [5, 5.41) is 0.866. The number of fused-ring (bicyclic) bond motifs is 1. The smallest absolute Gasteiger partial charge is 0.0363 e. The number of nitrogens with two attached hydrogens (primary N) is 1. The lowest BCUT2D eigenvalue weighted by Crippen LogP contribution is -2.36. The normalized spacial score (nSPS) is 28.3. The number of hydrogen-bond acceptors (Lipinski definition) is 3. The van der Waals surface area contributed by atoms with Gasteiger partial charge in [0, 0.05) is 30.1 Å². The molecule has 2 nitrogen and oxygen atoms in total. The van der Waals surface area contributed by atoms with Gasteiger partial charge in [-0.1, -0.05) is 18.6 Å². The first-order chi connectivity index (χ1) is 8.78. The van der Waals surface area contributed by atoms with Crippen molar-refractivity contribution in [3.05, 3.63) is 29.3 Å². The van der Waals surface area contributed by atoms with Gasteiger partial charge in [-0.15, -0.1) is 0 Å². The van der Waals surface area contributed by atoms with Crippen LogP contribution in [0.5, 0.6) is 0 Å². The minimum atomic E-state index is 0.767. The molecule has 1 aliphatic carbocycles. The van der Waals surface area contributed by atoms with E-state index in [1.165, 1.54) is 36.8 Å². The van der Waals surface area contributed by atoms with E-state index in [1.807, 2.05) is 17.8 Å². The van der Waals surface area contributed by atoms with Gasteiger partial charge in [-0.2, -0.15) is 11.8 Å². The first kappa shape index (κ1) is 12.4. The van der Waals surface area contributed by atoms with E-state index >= 15 is 0 Å². The standard InChI is InChI=1S/C15H22N2S/c1-18-13-6-3-5-12(8-13)17-9-11-4-2-7-15(16)14(11)10-17/h2,4,7,12-13H,3,5-6,8-10,16H2,1H3. The van der Waals surface area contributed by atoms with Crippen LogP contribution in [0.25, 0.3) is 0 Å². The molecule has 1 aromatic carbocycles. The second kappa shape index (κ2) is 5.14. The predicted molar refractivity (Wildman–Crippen MR) is 79.7 cm³/mol. The number of anilines is 1. The largest absolute Gasteiger partial charge is 0.398 e. The van der Waals surface area contributed by atoms with Crippen molar-refractivity contribution >= 4 is 17.4 Å². The van der Waals surface area contributed by atoms with E-state index in [1.54, 1.807) is 0 Å². The number of rotatable bonds is 2. The van der Waals surface area contributed by atoms with Gasteiger partial charge in [0.2, 0.25) is 0 Å². The maximum absolute atomic E-state index is 6.09. The lowest BCUT2D eigenvalue weighted by molar-refractivity contribution is 0.159. The van der Waals surface area contributed by atoms with Crippen molar-refractivity contribution in [1.82, 2.24) is 4.90 Å². The fraction of sp³-hybridized carbons (Fsp3) is 0.600. The van der Waals surface area contributed by atoms with Crippen LogP contribution < -0.4 is 5.73 Å². The minimum Gasteiger partial charge on any atom is -0.398 e. The lowest BCUT2D eigenvalue weighted by Gasteiger charge is -2.34. The summed E-state index contributed by atoms with van der Waals surface area (Å²) >= 11 is 2.04. The third-order valence-electron chi connectivity index (χ3n) is 4.49. The Balaban J connectivity index is 1.72. The molecule has 1 fully saturated rings. The second-order valence-electron chi connectivity index (χ2n) is 5.57. The van der Waals surface area contributed by atoms with Crippen molar-refractivity contribution in [2.45, 2.75) is 50.1 Å². The summed E-state index contributed by atoms with van der Waals surface area (Å²) in [7, 11) is 0. The first-order valence-corrected chi connectivity index (χ1v) is 8.20. The maximum Gasteiger partial charge on any atom is 0.0363 e. The van der Waals surface area contributed by atoms with Crippen LogP contribution in [0.2, 0.25) is 0 Å². The van der Waals surface area contributed by atoms with Gasteiger partial charge in [0.15, 0.2) is 0 Å². The molecule has 3 rings (SSSR count). The van der Waals surface area contributed by atoms with Crippen LogP contribution >= 0.6 is 11.8 Å². The predicted octanol–water partition coefficient (Wildman–Crippen LogP) is 3.26. The third kappa shape index (κ3) is 2.26.